The zero-order chi connectivity index (χ0) is 20.8. The molecule has 1 aliphatic heterocycles. The number of carbonyl (C=O) groups excluding carboxylic acids is 2. The van der Waals surface area contributed by atoms with E-state index < -0.39 is 53.1 Å². The lowest BCUT2D eigenvalue weighted by Crippen LogP contribution is -2.33. The molecule has 0 aliphatic carbocycles. The Kier molecular flexibility index (Phi) is 4.81. The van der Waals surface area contributed by atoms with E-state index in [9.17, 15) is 31.5 Å². The molecule has 2 atom stereocenters. The summed E-state index contributed by atoms with van der Waals surface area (Å²) in [5.41, 5.74) is -1.58. The number of nitrogens with one attached hydrogen (secondary N) is 1. The van der Waals surface area contributed by atoms with Gasteiger partial charge in [-0.15, -0.1) is 0 Å². The quantitative estimate of drug-likeness (QED) is 0.483. The maximum absolute atomic E-state index is 13.7. The number of nitrogens with zero attached hydrogens (tertiary/aromatic N) is 4. The first kappa shape index (κ1) is 19.7. The Morgan fingerprint density at radius 2 is 1.93 bits per heavy atom. The molecule has 3 rings (SSSR count). The topological polar surface area (TPSA) is 80.1 Å². The van der Waals surface area contributed by atoms with Crippen molar-refractivity contribution in [3.05, 3.63) is 41.5 Å². The molecule has 1 N–H and O–H groups in total. The zero-order valence-electron chi connectivity index (χ0n) is 14.6. The number of pyridine rings is 1. The molecular formula is C16H14F5N5O2. The minimum atomic E-state index is -4.66. The van der Waals surface area contributed by atoms with E-state index in [-0.39, 0.29) is 12.2 Å². The van der Waals surface area contributed by atoms with Crippen molar-refractivity contribution in [1.82, 2.24) is 19.7 Å². The minimum absolute atomic E-state index is 0.0462. The van der Waals surface area contributed by atoms with E-state index in [2.05, 4.69) is 15.4 Å². The molecule has 1 saturated heterocycles. The summed E-state index contributed by atoms with van der Waals surface area (Å²) in [7, 11) is 2.48. The van der Waals surface area contributed by atoms with Gasteiger partial charge in [0.05, 0.1) is 11.4 Å². The number of amides is 2. The van der Waals surface area contributed by atoms with E-state index in [1.807, 2.05) is 0 Å². The number of aromatic nitrogens is 3. The van der Waals surface area contributed by atoms with Crippen LogP contribution in [-0.2, 0) is 22.8 Å². The van der Waals surface area contributed by atoms with E-state index in [4.69, 9.17) is 0 Å². The van der Waals surface area contributed by atoms with Crippen molar-refractivity contribution in [1.29, 1.82) is 0 Å². The average molecular weight is 403 g/mol. The second-order valence-electron chi connectivity index (χ2n) is 6.34. The van der Waals surface area contributed by atoms with Crippen LogP contribution >= 0.6 is 0 Å². The van der Waals surface area contributed by atoms with Crippen molar-refractivity contribution in [2.24, 2.45) is 13.0 Å². The summed E-state index contributed by atoms with van der Waals surface area (Å²) in [5, 5.41) is 5.93. The SMILES string of the molecule is CN1C[C@H](c2cc(C(F)(F)F)n(C)n2)[C@@H](C(=O)Nc2ccc(F)nc2F)C1=O. The van der Waals surface area contributed by atoms with Crippen LogP contribution in [-0.4, -0.2) is 45.1 Å². The number of rotatable bonds is 3. The van der Waals surface area contributed by atoms with E-state index in [0.29, 0.717) is 4.68 Å². The molecule has 0 bridgehead atoms. The van der Waals surface area contributed by atoms with Crippen LogP contribution in [0, 0.1) is 17.8 Å². The Morgan fingerprint density at radius 1 is 1.25 bits per heavy atom. The first-order valence-corrected chi connectivity index (χ1v) is 7.98. The van der Waals surface area contributed by atoms with Crippen LogP contribution < -0.4 is 5.32 Å². The predicted molar refractivity (Wildman–Crippen MR) is 84.9 cm³/mol. The van der Waals surface area contributed by atoms with E-state index in [1.165, 1.54) is 11.9 Å². The summed E-state index contributed by atoms with van der Waals surface area (Å²) in [6, 6.07) is 2.51. The summed E-state index contributed by atoms with van der Waals surface area (Å²) in [6.07, 6.45) is -4.66. The van der Waals surface area contributed by atoms with Gasteiger partial charge in [-0.25, -0.2) is 0 Å². The summed E-state index contributed by atoms with van der Waals surface area (Å²) >= 11 is 0. The van der Waals surface area contributed by atoms with E-state index in [1.54, 1.807) is 0 Å². The molecule has 1 fully saturated rings. The molecule has 0 spiro atoms. The van der Waals surface area contributed by atoms with Gasteiger partial charge in [0.15, 0.2) is 0 Å². The molecule has 0 saturated carbocycles. The minimum Gasteiger partial charge on any atom is -0.344 e. The van der Waals surface area contributed by atoms with E-state index in [0.717, 1.165) is 25.2 Å². The molecule has 28 heavy (non-hydrogen) atoms. The van der Waals surface area contributed by atoms with Crippen LogP contribution in [0.5, 0.6) is 0 Å². The Balaban J connectivity index is 1.91. The van der Waals surface area contributed by atoms with Crippen LogP contribution in [0.4, 0.5) is 27.6 Å². The summed E-state index contributed by atoms with van der Waals surface area (Å²) in [5.74, 6) is -6.40. The number of likely N-dealkylation sites (tertiary alicyclic amines) is 1. The van der Waals surface area contributed by atoms with Gasteiger partial charge in [-0.3, -0.25) is 14.3 Å². The number of hydrogen-bond acceptors (Lipinski definition) is 4. The number of anilines is 1. The second kappa shape index (κ2) is 6.84. The fourth-order valence-corrected chi connectivity index (χ4v) is 3.11. The normalized spacial score (nSPS) is 20.0. The molecule has 2 aromatic heterocycles. The van der Waals surface area contributed by atoms with E-state index >= 15 is 0 Å². The highest BCUT2D eigenvalue weighted by Gasteiger charge is 2.47. The molecule has 2 aromatic rings. The molecule has 150 valence electrons. The number of carbonyl (C=O) groups is 2. The zero-order valence-corrected chi connectivity index (χ0v) is 14.6. The van der Waals surface area contributed by atoms with Crippen LogP contribution in [0.25, 0.3) is 0 Å². The highest BCUT2D eigenvalue weighted by molar-refractivity contribution is 6.08. The summed E-state index contributed by atoms with van der Waals surface area (Å²) in [6.45, 7) is -0.0462. The smallest absolute Gasteiger partial charge is 0.344 e. The Morgan fingerprint density at radius 3 is 2.50 bits per heavy atom. The Labute approximate surface area is 155 Å². The number of alkyl halides is 3. The Hall–Kier alpha value is -3.05. The Bertz CT molecular complexity index is 942. The first-order chi connectivity index (χ1) is 13.0. The van der Waals surface area contributed by atoms with Gasteiger partial charge in [0.1, 0.15) is 11.6 Å². The van der Waals surface area contributed by atoms with Crippen LogP contribution in [0.15, 0.2) is 18.2 Å². The van der Waals surface area contributed by atoms with Crippen molar-refractivity contribution in [3.8, 4) is 0 Å². The fourth-order valence-electron chi connectivity index (χ4n) is 3.11. The number of hydrogen-bond donors (Lipinski definition) is 1. The van der Waals surface area contributed by atoms with Crippen LogP contribution in [0.1, 0.15) is 17.3 Å². The standard InChI is InChI=1S/C16H14F5N5O2/c1-25-6-7(9-5-10(16(19,20)21)26(2)24-9)12(15(25)28)14(27)22-8-3-4-11(17)23-13(8)18/h3-5,7,12H,6H2,1-2H3,(H,22,27)/t7-,12+/m1/s1. The molecule has 12 heteroatoms. The fraction of sp³-hybridized carbons (Fsp3) is 0.375. The van der Waals surface area contributed by atoms with Gasteiger partial charge < -0.3 is 10.2 Å². The van der Waals surface area contributed by atoms with Gasteiger partial charge in [0.2, 0.25) is 23.7 Å². The number of aryl methyl sites for hydroxylation is 1. The molecule has 3 heterocycles. The lowest BCUT2D eigenvalue weighted by Gasteiger charge is -2.15. The monoisotopic (exact) mass is 403 g/mol. The van der Waals surface area contributed by atoms with Crippen molar-refractivity contribution in [2.75, 3.05) is 18.9 Å². The second-order valence-corrected chi connectivity index (χ2v) is 6.34. The third kappa shape index (κ3) is 3.53. The average Bonchev–Trinajstić information content (AvgIpc) is 3.11. The molecule has 1 aliphatic rings. The predicted octanol–water partition coefficient (Wildman–Crippen LogP) is 1.92. The first-order valence-electron chi connectivity index (χ1n) is 7.98. The van der Waals surface area contributed by atoms with Gasteiger partial charge >= 0.3 is 6.18 Å². The molecular weight excluding hydrogens is 389 g/mol. The van der Waals surface area contributed by atoms with Gasteiger partial charge in [-0.2, -0.15) is 32.0 Å². The number of halogens is 5. The third-order valence-corrected chi connectivity index (χ3v) is 4.44. The van der Waals surface area contributed by atoms with Crippen LogP contribution in [0.3, 0.4) is 0 Å². The van der Waals surface area contributed by atoms with Crippen LogP contribution in [0.2, 0.25) is 0 Å². The van der Waals surface area contributed by atoms with Crippen molar-refractivity contribution in [3.63, 3.8) is 0 Å². The summed E-state index contributed by atoms with van der Waals surface area (Å²) in [4.78, 5) is 29.1. The van der Waals surface area contributed by atoms with Crippen molar-refractivity contribution in [2.45, 2.75) is 12.1 Å². The van der Waals surface area contributed by atoms with Crippen molar-refractivity contribution >= 4 is 17.5 Å². The maximum atomic E-state index is 13.7. The number of likely N-dealkylation sites (N-methyl/N-ethyl adjacent to an activating group) is 1. The van der Waals surface area contributed by atoms with Crippen molar-refractivity contribution < 1.29 is 31.5 Å². The molecule has 2 amide bonds. The molecule has 0 radical (unpaired) electrons. The van der Waals surface area contributed by atoms with Gasteiger partial charge in [0.25, 0.3) is 0 Å². The third-order valence-electron chi connectivity index (χ3n) is 4.44. The van der Waals surface area contributed by atoms with Gasteiger partial charge in [-0.1, -0.05) is 0 Å². The highest BCUT2D eigenvalue weighted by atomic mass is 19.4. The lowest BCUT2D eigenvalue weighted by molar-refractivity contribution is -0.143. The highest BCUT2D eigenvalue weighted by Crippen LogP contribution is 2.36. The molecule has 0 aromatic carbocycles. The van der Waals surface area contributed by atoms with Gasteiger partial charge in [0, 0.05) is 26.6 Å². The molecule has 0 unspecified atom stereocenters. The molecule has 7 nitrogen and oxygen atoms in total. The van der Waals surface area contributed by atoms with Gasteiger partial charge in [-0.05, 0) is 18.2 Å². The lowest BCUT2D eigenvalue weighted by atomic mass is 9.91. The maximum Gasteiger partial charge on any atom is 0.433 e. The summed E-state index contributed by atoms with van der Waals surface area (Å²) < 4.78 is 66.3. The largest absolute Gasteiger partial charge is 0.433 e.